The number of pyridine rings is 1. The average molecular weight is 160 g/mol. The van der Waals surface area contributed by atoms with Crippen molar-refractivity contribution in [3.63, 3.8) is 0 Å². The fourth-order valence-corrected chi connectivity index (χ4v) is 1.14. The van der Waals surface area contributed by atoms with E-state index in [1.54, 1.807) is 6.20 Å². The second-order valence-corrected chi connectivity index (χ2v) is 2.86. The van der Waals surface area contributed by atoms with E-state index in [0.29, 0.717) is 0 Å². The third-order valence-electron chi connectivity index (χ3n) is 1.72. The van der Waals surface area contributed by atoms with Gasteiger partial charge in [0.05, 0.1) is 5.69 Å². The van der Waals surface area contributed by atoms with Gasteiger partial charge >= 0.3 is 0 Å². The van der Waals surface area contributed by atoms with E-state index in [1.807, 2.05) is 19.9 Å². The molecule has 1 unspecified atom stereocenters. The highest BCUT2D eigenvalue weighted by Gasteiger charge is 2.04. The van der Waals surface area contributed by atoms with Crippen LogP contribution in [0, 0.1) is 19.3 Å². The van der Waals surface area contributed by atoms with Crippen LogP contribution in [0.3, 0.4) is 0 Å². The predicted octanol–water partition coefficient (Wildman–Crippen LogP) is 1.39. The lowest BCUT2D eigenvalue weighted by Gasteiger charge is -2.07. The smallest absolute Gasteiger partial charge is 0.0598 e. The molecule has 2 N–H and O–H groups in total. The maximum Gasteiger partial charge on any atom is 0.0598 e. The monoisotopic (exact) mass is 160 g/mol. The first-order chi connectivity index (χ1) is 5.65. The average Bonchev–Trinajstić information content (AvgIpc) is 2.03. The first kappa shape index (κ1) is 8.76. The van der Waals surface area contributed by atoms with Gasteiger partial charge in [-0.1, -0.05) is 5.92 Å². The Labute approximate surface area is 72.8 Å². The Bertz CT molecular complexity index is 321. The molecule has 62 valence electrons. The fraction of sp³-hybridized carbons (Fsp3) is 0.300. The Kier molecular flexibility index (Phi) is 2.47. The van der Waals surface area contributed by atoms with E-state index in [9.17, 15) is 0 Å². The van der Waals surface area contributed by atoms with Crippen molar-refractivity contribution in [2.75, 3.05) is 0 Å². The van der Waals surface area contributed by atoms with Crippen molar-refractivity contribution in [2.24, 2.45) is 5.73 Å². The third kappa shape index (κ3) is 1.63. The molecule has 12 heavy (non-hydrogen) atoms. The van der Waals surface area contributed by atoms with Crippen LogP contribution in [0.15, 0.2) is 12.3 Å². The van der Waals surface area contributed by atoms with E-state index in [2.05, 4.69) is 10.9 Å². The fourth-order valence-electron chi connectivity index (χ4n) is 1.14. The number of nitrogens with zero attached hydrogens (tertiary/aromatic N) is 1. The zero-order valence-electron chi connectivity index (χ0n) is 7.33. The maximum absolute atomic E-state index is 5.69. The summed E-state index contributed by atoms with van der Waals surface area (Å²) in [5.74, 6) is 2.53. The Morgan fingerprint density at radius 1 is 1.67 bits per heavy atom. The molecule has 0 aliphatic carbocycles. The van der Waals surface area contributed by atoms with Gasteiger partial charge in [0.1, 0.15) is 0 Å². The molecule has 1 heterocycles. The number of hydrogen-bond acceptors (Lipinski definition) is 2. The quantitative estimate of drug-likeness (QED) is 0.630. The Morgan fingerprint density at radius 2 is 2.33 bits per heavy atom. The Morgan fingerprint density at radius 3 is 2.75 bits per heavy atom. The van der Waals surface area contributed by atoms with Gasteiger partial charge < -0.3 is 5.73 Å². The van der Waals surface area contributed by atoms with E-state index in [0.717, 1.165) is 16.8 Å². The van der Waals surface area contributed by atoms with Crippen molar-refractivity contribution in [3.8, 4) is 12.3 Å². The molecular formula is C10H12N2. The summed E-state index contributed by atoms with van der Waals surface area (Å²) in [4.78, 5) is 4.18. The van der Waals surface area contributed by atoms with Gasteiger partial charge in [-0.15, -0.1) is 6.42 Å². The van der Waals surface area contributed by atoms with Crippen LogP contribution in [0.2, 0.25) is 0 Å². The summed E-state index contributed by atoms with van der Waals surface area (Å²) >= 11 is 0. The molecule has 1 rings (SSSR count). The summed E-state index contributed by atoms with van der Waals surface area (Å²) in [7, 11) is 0. The zero-order chi connectivity index (χ0) is 9.14. The maximum atomic E-state index is 5.69. The molecule has 0 radical (unpaired) electrons. The van der Waals surface area contributed by atoms with Crippen molar-refractivity contribution < 1.29 is 0 Å². The molecular weight excluding hydrogens is 148 g/mol. The van der Waals surface area contributed by atoms with Crippen LogP contribution < -0.4 is 5.73 Å². The second-order valence-electron chi connectivity index (χ2n) is 2.86. The normalized spacial score (nSPS) is 12.2. The first-order valence-electron chi connectivity index (χ1n) is 3.84. The van der Waals surface area contributed by atoms with E-state index in [-0.39, 0.29) is 6.04 Å². The first-order valence-corrected chi connectivity index (χ1v) is 3.84. The van der Waals surface area contributed by atoms with Crippen LogP contribution in [-0.2, 0) is 0 Å². The van der Waals surface area contributed by atoms with Crippen molar-refractivity contribution in [3.05, 3.63) is 29.1 Å². The van der Waals surface area contributed by atoms with Gasteiger partial charge in [-0.2, -0.15) is 0 Å². The molecule has 0 saturated carbocycles. The molecule has 1 aromatic rings. The summed E-state index contributed by atoms with van der Waals surface area (Å²) in [6.45, 7) is 3.87. The third-order valence-corrected chi connectivity index (χ3v) is 1.72. The lowest BCUT2D eigenvalue weighted by atomic mass is 10.1. The summed E-state index contributed by atoms with van der Waals surface area (Å²) in [6.07, 6.45) is 6.90. The van der Waals surface area contributed by atoms with Gasteiger partial charge in [0.15, 0.2) is 0 Å². The van der Waals surface area contributed by atoms with Gasteiger partial charge in [0, 0.05) is 17.8 Å². The molecule has 0 fully saturated rings. The minimum atomic E-state index is -0.0307. The van der Waals surface area contributed by atoms with Crippen LogP contribution in [0.5, 0.6) is 0 Å². The Hall–Kier alpha value is -1.33. The van der Waals surface area contributed by atoms with Crippen LogP contribution in [0.1, 0.15) is 29.8 Å². The number of nitrogens with two attached hydrogens (primary N) is 1. The highest BCUT2D eigenvalue weighted by molar-refractivity contribution is 5.35. The molecule has 0 spiro atoms. The minimum absolute atomic E-state index is 0.0307. The Balaban J connectivity index is 3.14. The molecule has 0 aliphatic heterocycles. The van der Waals surface area contributed by atoms with Crippen LogP contribution in [-0.4, -0.2) is 4.98 Å². The van der Waals surface area contributed by atoms with E-state index in [1.165, 1.54) is 0 Å². The predicted molar refractivity (Wildman–Crippen MR) is 49.5 cm³/mol. The number of aromatic nitrogens is 1. The minimum Gasteiger partial charge on any atom is -0.323 e. The van der Waals surface area contributed by atoms with Gasteiger partial charge in [-0.05, 0) is 25.5 Å². The summed E-state index contributed by atoms with van der Waals surface area (Å²) in [5, 5.41) is 0. The summed E-state index contributed by atoms with van der Waals surface area (Å²) in [6, 6.07) is 1.89. The van der Waals surface area contributed by atoms with Crippen LogP contribution in [0.25, 0.3) is 0 Å². The lowest BCUT2D eigenvalue weighted by Crippen LogP contribution is -2.09. The van der Waals surface area contributed by atoms with E-state index in [4.69, 9.17) is 12.2 Å². The number of hydrogen-bond donors (Lipinski definition) is 1. The molecule has 0 bridgehead atoms. The second kappa shape index (κ2) is 3.38. The number of terminal acetylenes is 1. The zero-order valence-corrected chi connectivity index (χ0v) is 7.33. The SMILES string of the molecule is C#Cc1cnc(C(C)N)c(C)c1. The number of aryl methyl sites for hydroxylation is 1. The highest BCUT2D eigenvalue weighted by atomic mass is 14.8. The van der Waals surface area contributed by atoms with Gasteiger partial charge in [0.2, 0.25) is 0 Å². The van der Waals surface area contributed by atoms with Crippen molar-refractivity contribution in [1.29, 1.82) is 0 Å². The van der Waals surface area contributed by atoms with Gasteiger partial charge in [-0.3, -0.25) is 4.98 Å². The standard InChI is InChI=1S/C10H12N2/c1-4-9-5-7(2)10(8(3)11)12-6-9/h1,5-6,8H,11H2,2-3H3. The van der Waals surface area contributed by atoms with Crippen molar-refractivity contribution >= 4 is 0 Å². The summed E-state index contributed by atoms with van der Waals surface area (Å²) in [5.41, 5.74) is 8.46. The van der Waals surface area contributed by atoms with Crippen molar-refractivity contribution in [2.45, 2.75) is 19.9 Å². The van der Waals surface area contributed by atoms with E-state index < -0.39 is 0 Å². The molecule has 0 saturated heterocycles. The molecule has 0 aromatic carbocycles. The molecule has 2 heteroatoms. The van der Waals surface area contributed by atoms with Crippen molar-refractivity contribution in [1.82, 2.24) is 4.98 Å². The molecule has 1 atom stereocenters. The number of rotatable bonds is 1. The molecule has 0 amide bonds. The molecule has 0 aliphatic rings. The largest absolute Gasteiger partial charge is 0.323 e. The topological polar surface area (TPSA) is 38.9 Å². The molecule has 2 nitrogen and oxygen atoms in total. The molecule has 1 aromatic heterocycles. The summed E-state index contributed by atoms with van der Waals surface area (Å²) < 4.78 is 0. The van der Waals surface area contributed by atoms with E-state index >= 15 is 0 Å². The van der Waals surface area contributed by atoms with Gasteiger partial charge in [-0.25, -0.2) is 0 Å². The van der Waals surface area contributed by atoms with Crippen LogP contribution >= 0.6 is 0 Å². The van der Waals surface area contributed by atoms with Crippen LogP contribution in [0.4, 0.5) is 0 Å². The highest BCUT2D eigenvalue weighted by Crippen LogP contribution is 2.12. The lowest BCUT2D eigenvalue weighted by molar-refractivity contribution is 0.771. The van der Waals surface area contributed by atoms with Gasteiger partial charge in [0.25, 0.3) is 0 Å².